The van der Waals surface area contributed by atoms with Crippen molar-refractivity contribution in [2.24, 2.45) is 0 Å². The Morgan fingerprint density at radius 1 is 0.184 bits per heavy atom. The quantitative estimate of drug-likeness (QED) is 0.160. The molecule has 4 heterocycles. The van der Waals surface area contributed by atoms with Gasteiger partial charge in [0.1, 0.15) is 22.3 Å². The molecule has 0 aliphatic heterocycles. The highest BCUT2D eigenvalue weighted by Crippen LogP contribution is 2.43. The van der Waals surface area contributed by atoms with Crippen LogP contribution in [0.25, 0.3) is 154 Å². The summed E-state index contributed by atoms with van der Waals surface area (Å²) in [6.45, 7) is 0. The number of fused-ring (bicyclic) bond motifs is 12. The summed E-state index contributed by atoms with van der Waals surface area (Å²) in [5, 5.41) is 9.34. The zero-order chi connectivity index (χ0) is 49.8. The molecule has 0 spiro atoms. The monoisotopic (exact) mass is 968 g/mol. The van der Waals surface area contributed by atoms with Crippen molar-refractivity contribution in [1.29, 1.82) is 0 Å². The predicted molar refractivity (Wildman–Crippen MR) is 317 cm³/mol. The van der Waals surface area contributed by atoms with Gasteiger partial charge < -0.3 is 18.0 Å². The third-order valence-corrected chi connectivity index (χ3v) is 15.7. The van der Waals surface area contributed by atoms with E-state index in [0.717, 1.165) is 133 Å². The molecular formula is C72H44N2O2. The van der Waals surface area contributed by atoms with Gasteiger partial charge in [0.15, 0.2) is 0 Å². The summed E-state index contributed by atoms with van der Waals surface area (Å²) in [5.41, 5.74) is 21.9. The molecule has 76 heavy (non-hydrogen) atoms. The van der Waals surface area contributed by atoms with E-state index in [2.05, 4.69) is 252 Å². The first kappa shape index (κ1) is 42.4. The van der Waals surface area contributed by atoms with E-state index >= 15 is 0 Å². The summed E-state index contributed by atoms with van der Waals surface area (Å²) in [6, 6.07) is 97.0. The SMILES string of the molecule is c1ccc(-c2cc(-c3cc(-c4ccccc4)cc(-n4c5ccccc5c5cc(-c6ccc7oc8ccccc8c7c6)ccc54)c3)cc(-n3c4ccccc4c4cc(-c5ccc6oc7ccccc7c6c5)ccc43)c2)cc1. The van der Waals surface area contributed by atoms with Gasteiger partial charge in [-0.1, -0.05) is 158 Å². The third kappa shape index (κ3) is 6.71. The second-order valence-corrected chi connectivity index (χ2v) is 20.1. The number of furan rings is 2. The highest BCUT2D eigenvalue weighted by molar-refractivity contribution is 6.13. The number of para-hydroxylation sites is 4. The van der Waals surface area contributed by atoms with Crippen molar-refractivity contribution in [3.8, 4) is 67.0 Å². The van der Waals surface area contributed by atoms with Crippen molar-refractivity contribution in [1.82, 2.24) is 9.13 Å². The van der Waals surface area contributed by atoms with Crippen LogP contribution in [0, 0.1) is 0 Å². The average molecular weight is 969 g/mol. The van der Waals surface area contributed by atoms with Crippen molar-refractivity contribution in [3.05, 3.63) is 267 Å². The number of hydrogen-bond donors (Lipinski definition) is 0. The van der Waals surface area contributed by atoms with Crippen LogP contribution >= 0.6 is 0 Å². The standard InChI is InChI=1S/C72H44N2O2/c1-3-15-45(16-4-1)51-35-53(39-55(37-51)73-65-23-11-7-19-57(65)61-41-47(27-31-67(61)73)49-29-33-71-63(43-49)59-21-9-13-25-69(59)75-71)54-36-52(46-17-5-2-6-18-46)38-56(40-54)74-66-24-12-8-20-58(66)62-42-48(28-32-68(62)74)50-30-34-72-64(44-50)60-22-10-14-26-70(60)76-72/h1-44H. The zero-order valence-electron chi connectivity index (χ0n) is 41.1. The van der Waals surface area contributed by atoms with Gasteiger partial charge >= 0.3 is 0 Å². The molecular weight excluding hydrogens is 925 g/mol. The predicted octanol–water partition coefficient (Wildman–Crippen LogP) is 20.0. The molecule has 0 fully saturated rings. The van der Waals surface area contributed by atoms with Crippen molar-refractivity contribution >= 4 is 87.5 Å². The summed E-state index contributed by atoms with van der Waals surface area (Å²) in [6.07, 6.45) is 0. The van der Waals surface area contributed by atoms with E-state index in [1.54, 1.807) is 0 Å². The summed E-state index contributed by atoms with van der Waals surface area (Å²) in [7, 11) is 0. The maximum Gasteiger partial charge on any atom is 0.135 e. The first-order valence-corrected chi connectivity index (χ1v) is 26.0. The number of nitrogens with zero attached hydrogens (tertiary/aromatic N) is 2. The lowest BCUT2D eigenvalue weighted by atomic mass is 9.94. The fourth-order valence-corrected chi connectivity index (χ4v) is 12.1. The fourth-order valence-electron chi connectivity index (χ4n) is 12.1. The van der Waals surface area contributed by atoms with Gasteiger partial charge in [-0.05, 0) is 165 Å². The Morgan fingerprint density at radius 3 is 0.934 bits per heavy atom. The second-order valence-electron chi connectivity index (χ2n) is 20.1. The molecule has 0 saturated carbocycles. The first-order chi connectivity index (χ1) is 37.6. The normalized spacial score (nSPS) is 11.9. The number of rotatable bonds is 7. The van der Waals surface area contributed by atoms with Crippen LogP contribution in [-0.2, 0) is 0 Å². The lowest BCUT2D eigenvalue weighted by Crippen LogP contribution is -1.98. The highest BCUT2D eigenvalue weighted by atomic mass is 16.3. The van der Waals surface area contributed by atoms with Crippen LogP contribution in [0.1, 0.15) is 0 Å². The summed E-state index contributed by atoms with van der Waals surface area (Å²) in [4.78, 5) is 0. The molecule has 16 aromatic rings. The van der Waals surface area contributed by atoms with Gasteiger partial charge in [0.2, 0.25) is 0 Å². The molecule has 0 radical (unpaired) electrons. The minimum atomic E-state index is 0.900. The molecule has 4 nitrogen and oxygen atoms in total. The Labute approximate surface area is 437 Å². The van der Waals surface area contributed by atoms with Gasteiger partial charge in [0.25, 0.3) is 0 Å². The fraction of sp³-hybridized carbons (Fsp3) is 0. The molecule has 4 heteroatoms. The van der Waals surface area contributed by atoms with Crippen LogP contribution < -0.4 is 0 Å². The van der Waals surface area contributed by atoms with E-state index < -0.39 is 0 Å². The summed E-state index contributed by atoms with van der Waals surface area (Å²) in [5.74, 6) is 0. The Hall–Kier alpha value is -10.2. The van der Waals surface area contributed by atoms with Gasteiger partial charge in [-0.2, -0.15) is 0 Å². The van der Waals surface area contributed by atoms with Crippen molar-refractivity contribution in [3.63, 3.8) is 0 Å². The van der Waals surface area contributed by atoms with Gasteiger partial charge in [0, 0.05) is 54.5 Å². The molecule has 0 atom stereocenters. The highest BCUT2D eigenvalue weighted by Gasteiger charge is 2.20. The molecule has 0 N–H and O–H groups in total. The molecule has 12 aromatic carbocycles. The average Bonchev–Trinajstić information content (AvgIpc) is 4.27. The van der Waals surface area contributed by atoms with Crippen LogP contribution in [-0.4, -0.2) is 9.13 Å². The number of hydrogen-bond acceptors (Lipinski definition) is 2. The Balaban J connectivity index is 0.886. The van der Waals surface area contributed by atoms with E-state index in [4.69, 9.17) is 8.83 Å². The Morgan fingerprint density at radius 2 is 0.500 bits per heavy atom. The molecule has 354 valence electrons. The smallest absolute Gasteiger partial charge is 0.135 e. The zero-order valence-corrected chi connectivity index (χ0v) is 41.1. The second kappa shape index (κ2) is 16.7. The van der Waals surface area contributed by atoms with Crippen molar-refractivity contribution < 1.29 is 8.83 Å². The Kier molecular flexibility index (Phi) is 9.30. The largest absolute Gasteiger partial charge is 0.456 e. The van der Waals surface area contributed by atoms with E-state index in [0.29, 0.717) is 0 Å². The molecule has 0 aliphatic carbocycles. The topological polar surface area (TPSA) is 36.1 Å². The molecule has 16 rings (SSSR count). The minimum Gasteiger partial charge on any atom is -0.456 e. The maximum absolute atomic E-state index is 6.22. The maximum atomic E-state index is 6.22. The first-order valence-electron chi connectivity index (χ1n) is 26.0. The van der Waals surface area contributed by atoms with Crippen LogP contribution in [0.5, 0.6) is 0 Å². The van der Waals surface area contributed by atoms with Gasteiger partial charge in [-0.15, -0.1) is 0 Å². The Bertz CT molecular complexity index is 4680. The summed E-state index contributed by atoms with van der Waals surface area (Å²) < 4.78 is 17.4. The van der Waals surface area contributed by atoms with Crippen molar-refractivity contribution in [2.45, 2.75) is 0 Å². The van der Waals surface area contributed by atoms with Crippen LogP contribution in [0.15, 0.2) is 276 Å². The molecule has 0 bridgehead atoms. The van der Waals surface area contributed by atoms with Crippen LogP contribution in [0.3, 0.4) is 0 Å². The lowest BCUT2D eigenvalue weighted by Gasteiger charge is -2.17. The summed E-state index contributed by atoms with van der Waals surface area (Å²) >= 11 is 0. The van der Waals surface area contributed by atoms with Gasteiger partial charge in [-0.3, -0.25) is 0 Å². The van der Waals surface area contributed by atoms with Gasteiger partial charge in [0.05, 0.1) is 22.1 Å². The molecule has 0 aliphatic rings. The molecule has 0 saturated heterocycles. The number of benzene rings is 12. The van der Waals surface area contributed by atoms with Crippen molar-refractivity contribution in [2.75, 3.05) is 0 Å². The van der Waals surface area contributed by atoms with E-state index in [9.17, 15) is 0 Å². The molecule has 4 aromatic heterocycles. The lowest BCUT2D eigenvalue weighted by molar-refractivity contribution is 0.668. The van der Waals surface area contributed by atoms with Crippen LogP contribution in [0.2, 0.25) is 0 Å². The van der Waals surface area contributed by atoms with E-state index in [1.165, 1.54) is 21.5 Å². The number of aromatic nitrogens is 2. The molecule has 0 unspecified atom stereocenters. The van der Waals surface area contributed by atoms with E-state index in [1.807, 2.05) is 24.3 Å². The third-order valence-electron chi connectivity index (χ3n) is 15.7. The van der Waals surface area contributed by atoms with Gasteiger partial charge in [-0.25, -0.2) is 0 Å². The minimum absolute atomic E-state index is 0.900. The molecule has 0 amide bonds. The van der Waals surface area contributed by atoms with Crippen LogP contribution in [0.4, 0.5) is 0 Å². The van der Waals surface area contributed by atoms with E-state index in [-0.39, 0.29) is 0 Å².